The molecule has 1 fully saturated rings. The molecule has 0 radical (unpaired) electrons. The molecule has 4 heteroatoms. The smallest absolute Gasteiger partial charge is 0.251 e. The van der Waals surface area contributed by atoms with E-state index in [4.69, 9.17) is 9.47 Å². The molecule has 0 aromatic heterocycles. The summed E-state index contributed by atoms with van der Waals surface area (Å²) in [5.74, 6) is 1.59. The predicted octanol–water partition coefficient (Wildman–Crippen LogP) is 2.90. The highest BCUT2D eigenvalue weighted by Crippen LogP contribution is 2.29. The van der Waals surface area contributed by atoms with Crippen molar-refractivity contribution < 1.29 is 14.3 Å². The first-order chi connectivity index (χ1) is 10.5. The van der Waals surface area contributed by atoms with E-state index in [0.29, 0.717) is 12.5 Å². The van der Waals surface area contributed by atoms with Crippen LogP contribution in [-0.4, -0.2) is 43.7 Å². The molecule has 0 bridgehead atoms. The summed E-state index contributed by atoms with van der Waals surface area (Å²) >= 11 is 0. The maximum absolute atomic E-state index is 12.4. The van der Waals surface area contributed by atoms with Gasteiger partial charge in [0.2, 0.25) is 0 Å². The van der Waals surface area contributed by atoms with Crippen LogP contribution in [0, 0.1) is 5.92 Å². The van der Waals surface area contributed by atoms with Crippen molar-refractivity contribution in [3.05, 3.63) is 29.8 Å². The minimum atomic E-state index is -0.357. The van der Waals surface area contributed by atoms with Gasteiger partial charge >= 0.3 is 0 Å². The largest absolute Gasteiger partial charge is 0.497 e. The Morgan fingerprint density at radius 2 is 1.91 bits per heavy atom. The summed E-state index contributed by atoms with van der Waals surface area (Å²) in [5, 5.41) is 0. The number of hydrogen-bond donors (Lipinski definition) is 0. The lowest BCUT2D eigenvalue weighted by molar-refractivity contribution is -0.143. The average Bonchev–Trinajstić information content (AvgIpc) is 3.36. The zero-order valence-corrected chi connectivity index (χ0v) is 14.0. The fourth-order valence-electron chi connectivity index (χ4n) is 2.38. The number of benzene rings is 1. The fraction of sp³-hybridized carbons (Fsp3) is 0.611. The highest BCUT2D eigenvalue weighted by Gasteiger charge is 2.26. The number of likely N-dealkylation sites (N-methyl/N-ethyl adjacent to an activating group) is 1. The SMILES string of the molecule is COc1ccc(C[C@@H](C)N(C)C(=O)[C@@H](C)OCC2CC2)cc1. The summed E-state index contributed by atoms with van der Waals surface area (Å²) in [6, 6.07) is 8.12. The van der Waals surface area contributed by atoms with Crippen molar-refractivity contribution in [2.24, 2.45) is 5.92 Å². The number of carbonyl (C=O) groups is 1. The third kappa shape index (κ3) is 4.73. The lowest BCUT2D eigenvalue weighted by atomic mass is 10.1. The van der Waals surface area contributed by atoms with E-state index in [-0.39, 0.29) is 18.1 Å². The summed E-state index contributed by atoms with van der Waals surface area (Å²) in [6.45, 7) is 4.63. The van der Waals surface area contributed by atoms with Crippen LogP contribution in [-0.2, 0) is 16.0 Å². The Hall–Kier alpha value is -1.55. The molecule has 122 valence electrons. The second-order valence-electron chi connectivity index (χ2n) is 6.27. The second kappa shape index (κ2) is 7.63. The van der Waals surface area contributed by atoms with Gasteiger partial charge in [-0.2, -0.15) is 0 Å². The molecule has 1 saturated carbocycles. The van der Waals surface area contributed by atoms with Crippen LogP contribution in [0.5, 0.6) is 5.75 Å². The van der Waals surface area contributed by atoms with Crippen LogP contribution in [0.25, 0.3) is 0 Å². The molecule has 0 N–H and O–H groups in total. The fourth-order valence-corrected chi connectivity index (χ4v) is 2.38. The first kappa shape index (κ1) is 16.8. The Labute approximate surface area is 133 Å². The maximum Gasteiger partial charge on any atom is 0.251 e. The maximum atomic E-state index is 12.4. The van der Waals surface area contributed by atoms with Crippen molar-refractivity contribution in [2.75, 3.05) is 20.8 Å². The van der Waals surface area contributed by atoms with Gasteiger partial charge < -0.3 is 14.4 Å². The molecule has 2 atom stereocenters. The van der Waals surface area contributed by atoms with E-state index in [2.05, 4.69) is 6.92 Å². The van der Waals surface area contributed by atoms with Gasteiger partial charge in [0.15, 0.2) is 0 Å². The van der Waals surface area contributed by atoms with Crippen molar-refractivity contribution in [3.8, 4) is 5.75 Å². The molecule has 22 heavy (non-hydrogen) atoms. The number of amides is 1. The first-order valence-corrected chi connectivity index (χ1v) is 8.02. The number of carbonyl (C=O) groups excluding carboxylic acids is 1. The van der Waals surface area contributed by atoms with Crippen LogP contribution >= 0.6 is 0 Å². The average molecular weight is 305 g/mol. The number of rotatable bonds is 8. The molecule has 4 nitrogen and oxygen atoms in total. The molecule has 0 spiro atoms. The summed E-state index contributed by atoms with van der Waals surface area (Å²) in [4.78, 5) is 14.2. The third-order valence-corrected chi connectivity index (χ3v) is 4.33. The molecule has 0 saturated heterocycles. The minimum Gasteiger partial charge on any atom is -0.497 e. The van der Waals surface area contributed by atoms with Gasteiger partial charge in [-0.3, -0.25) is 4.79 Å². The topological polar surface area (TPSA) is 38.8 Å². The van der Waals surface area contributed by atoms with E-state index in [9.17, 15) is 4.79 Å². The first-order valence-electron chi connectivity index (χ1n) is 8.02. The molecule has 1 amide bonds. The van der Waals surface area contributed by atoms with Crippen LogP contribution in [0.1, 0.15) is 32.3 Å². The lowest BCUT2D eigenvalue weighted by Gasteiger charge is -2.28. The lowest BCUT2D eigenvalue weighted by Crippen LogP contribution is -2.42. The highest BCUT2D eigenvalue weighted by molar-refractivity contribution is 5.80. The van der Waals surface area contributed by atoms with Crippen molar-refractivity contribution in [3.63, 3.8) is 0 Å². The number of hydrogen-bond acceptors (Lipinski definition) is 3. The Morgan fingerprint density at radius 3 is 2.45 bits per heavy atom. The molecule has 1 aromatic carbocycles. The Balaban J connectivity index is 1.83. The molecule has 0 unspecified atom stereocenters. The van der Waals surface area contributed by atoms with Crippen molar-refractivity contribution in [2.45, 2.75) is 45.3 Å². The summed E-state index contributed by atoms with van der Waals surface area (Å²) in [6.07, 6.45) is 2.94. The number of nitrogens with zero attached hydrogens (tertiary/aromatic N) is 1. The van der Waals surface area contributed by atoms with E-state index in [0.717, 1.165) is 12.2 Å². The van der Waals surface area contributed by atoms with Gasteiger partial charge in [0.05, 0.1) is 13.7 Å². The van der Waals surface area contributed by atoms with E-state index in [1.165, 1.54) is 18.4 Å². The highest BCUT2D eigenvalue weighted by atomic mass is 16.5. The van der Waals surface area contributed by atoms with Gasteiger partial charge in [-0.15, -0.1) is 0 Å². The predicted molar refractivity (Wildman–Crippen MR) is 87.1 cm³/mol. The summed E-state index contributed by atoms with van der Waals surface area (Å²) in [5.41, 5.74) is 1.19. The van der Waals surface area contributed by atoms with Gasteiger partial charge in [0.1, 0.15) is 11.9 Å². The van der Waals surface area contributed by atoms with Gasteiger partial charge in [-0.05, 0) is 56.7 Å². The quantitative estimate of drug-likeness (QED) is 0.741. The normalized spacial score (nSPS) is 16.9. The van der Waals surface area contributed by atoms with Gasteiger partial charge in [-0.1, -0.05) is 12.1 Å². The van der Waals surface area contributed by atoms with Crippen LogP contribution in [0.4, 0.5) is 0 Å². The third-order valence-electron chi connectivity index (χ3n) is 4.33. The molecule has 1 aromatic rings. The van der Waals surface area contributed by atoms with Gasteiger partial charge in [0, 0.05) is 13.1 Å². The second-order valence-corrected chi connectivity index (χ2v) is 6.27. The van der Waals surface area contributed by atoms with Crippen LogP contribution in [0.3, 0.4) is 0 Å². The van der Waals surface area contributed by atoms with Gasteiger partial charge in [0.25, 0.3) is 5.91 Å². The molecular weight excluding hydrogens is 278 g/mol. The summed E-state index contributed by atoms with van der Waals surface area (Å²) < 4.78 is 10.8. The zero-order chi connectivity index (χ0) is 16.1. The van der Waals surface area contributed by atoms with E-state index >= 15 is 0 Å². The van der Waals surface area contributed by atoms with Gasteiger partial charge in [-0.25, -0.2) is 0 Å². The van der Waals surface area contributed by atoms with Crippen molar-refractivity contribution in [1.29, 1.82) is 0 Å². The van der Waals surface area contributed by atoms with E-state index in [1.54, 1.807) is 12.0 Å². The zero-order valence-electron chi connectivity index (χ0n) is 14.0. The Bertz CT molecular complexity index is 482. The van der Waals surface area contributed by atoms with Crippen molar-refractivity contribution >= 4 is 5.91 Å². The molecule has 0 heterocycles. The van der Waals surface area contributed by atoms with Crippen LogP contribution in [0.15, 0.2) is 24.3 Å². The summed E-state index contributed by atoms with van der Waals surface area (Å²) in [7, 11) is 3.51. The Kier molecular flexibility index (Phi) is 5.83. The van der Waals surface area contributed by atoms with Crippen LogP contribution < -0.4 is 4.74 Å². The van der Waals surface area contributed by atoms with Crippen LogP contribution in [0.2, 0.25) is 0 Å². The molecule has 2 rings (SSSR count). The molecular formula is C18H27NO3. The minimum absolute atomic E-state index is 0.0571. The molecule has 1 aliphatic carbocycles. The molecule has 0 aliphatic heterocycles. The monoisotopic (exact) mass is 305 g/mol. The van der Waals surface area contributed by atoms with Crippen molar-refractivity contribution in [1.82, 2.24) is 4.90 Å². The number of ether oxygens (including phenoxy) is 2. The molecule has 1 aliphatic rings. The Morgan fingerprint density at radius 1 is 1.27 bits per heavy atom. The standard InChI is InChI=1S/C18H27NO3/c1-13(11-15-7-9-17(21-4)10-8-15)19(3)18(20)14(2)22-12-16-5-6-16/h7-10,13-14,16H,5-6,11-12H2,1-4H3/t13-,14-/m1/s1. The van der Waals surface area contributed by atoms with E-state index in [1.807, 2.05) is 38.2 Å². The number of methoxy groups -OCH3 is 1. The van der Waals surface area contributed by atoms with E-state index < -0.39 is 0 Å².